The molecule has 0 saturated heterocycles. The van der Waals surface area contributed by atoms with Gasteiger partial charge in [0, 0.05) is 5.02 Å². The first-order chi connectivity index (χ1) is 11.0. The Hall–Kier alpha value is -0.880. The highest BCUT2D eigenvalue weighted by atomic mass is 35.5. The molecule has 0 aliphatic rings. The van der Waals surface area contributed by atoms with Crippen LogP contribution in [0, 0.1) is 5.92 Å². The molecular formula is C15H19Cl4N3O2. The molecule has 0 aliphatic carbocycles. The van der Waals surface area contributed by atoms with Gasteiger partial charge in [0.1, 0.15) is 6.04 Å². The first-order valence-electron chi connectivity index (χ1n) is 7.20. The van der Waals surface area contributed by atoms with Gasteiger partial charge < -0.3 is 5.32 Å². The van der Waals surface area contributed by atoms with Crippen molar-refractivity contribution in [1.82, 2.24) is 10.7 Å². The summed E-state index contributed by atoms with van der Waals surface area (Å²) in [6.45, 7) is 5.19. The Kier molecular flexibility index (Phi) is 7.93. The van der Waals surface area contributed by atoms with E-state index in [9.17, 15) is 9.59 Å². The highest BCUT2D eigenvalue weighted by Gasteiger charge is 2.31. The molecule has 0 fully saturated rings. The van der Waals surface area contributed by atoms with E-state index in [-0.39, 0.29) is 5.92 Å². The van der Waals surface area contributed by atoms with Crippen LogP contribution in [0.3, 0.4) is 0 Å². The lowest BCUT2D eigenvalue weighted by molar-refractivity contribution is -0.129. The molecule has 0 aromatic heterocycles. The second kappa shape index (κ2) is 8.99. The maximum Gasteiger partial charge on any atom is 0.260 e. The van der Waals surface area contributed by atoms with Crippen molar-refractivity contribution in [2.75, 3.05) is 5.43 Å². The quantitative estimate of drug-likeness (QED) is 0.463. The normalized spacial score (nSPS) is 12.7. The molecule has 0 heterocycles. The Morgan fingerprint density at radius 3 is 2.33 bits per heavy atom. The number of hydrogen-bond donors (Lipinski definition) is 3. The fraction of sp³-hybridized carbons (Fsp3) is 0.467. The number of alkyl halides is 2. The first kappa shape index (κ1) is 21.2. The fourth-order valence-electron chi connectivity index (χ4n) is 1.79. The van der Waals surface area contributed by atoms with Crippen LogP contribution in [-0.2, 0) is 9.59 Å². The van der Waals surface area contributed by atoms with E-state index in [0.717, 1.165) is 0 Å². The summed E-state index contributed by atoms with van der Waals surface area (Å²) in [5.74, 6) is -0.922. The zero-order chi connectivity index (χ0) is 18.5. The lowest BCUT2D eigenvalue weighted by Gasteiger charge is -2.23. The smallest absolute Gasteiger partial charge is 0.260 e. The molecule has 0 bridgehead atoms. The molecule has 1 aromatic carbocycles. The molecule has 5 nitrogen and oxygen atoms in total. The number of halogens is 4. The maximum atomic E-state index is 12.3. The number of hydrazine groups is 1. The van der Waals surface area contributed by atoms with E-state index in [0.29, 0.717) is 22.2 Å². The summed E-state index contributed by atoms with van der Waals surface area (Å²) in [6, 6.07) is 3.99. The van der Waals surface area contributed by atoms with E-state index in [1.54, 1.807) is 12.1 Å². The number of amides is 2. The summed E-state index contributed by atoms with van der Waals surface area (Å²) in [5.41, 5.74) is 5.68. The van der Waals surface area contributed by atoms with Gasteiger partial charge in [-0.3, -0.25) is 20.4 Å². The predicted octanol–water partition coefficient (Wildman–Crippen LogP) is 4.16. The van der Waals surface area contributed by atoms with E-state index in [1.807, 2.05) is 13.8 Å². The molecule has 0 aliphatic heterocycles. The van der Waals surface area contributed by atoms with E-state index >= 15 is 0 Å². The van der Waals surface area contributed by atoms with Gasteiger partial charge in [0.05, 0.1) is 10.7 Å². The number of rotatable bonds is 7. The zero-order valence-corrected chi connectivity index (χ0v) is 16.4. The van der Waals surface area contributed by atoms with Crippen molar-refractivity contribution < 1.29 is 9.59 Å². The highest BCUT2D eigenvalue weighted by molar-refractivity contribution is 6.57. The third kappa shape index (κ3) is 6.93. The number of carbonyl (C=O) groups is 2. The van der Waals surface area contributed by atoms with Crippen molar-refractivity contribution >= 4 is 63.9 Å². The van der Waals surface area contributed by atoms with Crippen LogP contribution < -0.4 is 16.2 Å². The molecule has 1 atom stereocenters. The van der Waals surface area contributed by atoms with Crippen molar-refractivity contribution in [2.24, 2.45) is 5.92 Å². The second-order valence-electron chi connectivity index (χ2n) is 5.78. The summed E-state index contributed by atoms with van der Waals surface area (Å²) in [5, 5.41) is 3.36. The molecule has 0 radical (unpaired) electrons. The van der Waals surface area contributed by atoms with E-state index < -0.39 is 22.2 Å². The van der Waals surface area contributed by atoms with Crippen LogP contribution in [0.5, 0.6) is 0 Å². The number of nitrogens with one attached hydrogen (secondary N) is 3. The predicted molar refractivity (Wildman–Crippen MR) is 99.7 cm³/mol. The van der Waals surface area contributed by atoms with Gasteiger partial charge in [-0.25, -0.2) is 0 Å². The van der Waals surface area contributed by atoms with Gasteiger partial charge in [0.2, 0.25) is 0 Å². The number of benzene rings is 1. The third-order valence-corrected chi connectivity index (χ3v) is 3.87. The molecule has 2 amide bonds. The largest absolute Gasteiger partial charge is 0.342 e. The molecule has 3 N–H and O–H groups in total. The molecule has 0 spiro atoms. The molecule has 0 saturated carbocycles. The molecule has 9 heteroatoms. The Morgan fingerprint density at radius 2 is 1.83 bits per heavy atom. The number of carbonyl (C=O) groups excluding carboxylic acids is 2. The highest BCUT2D eigenvalue weighted by Crippen LogP contribution is 2.24. The Morgan fingerprint density at radius 1 is 1.21 bits per heavy atom. The summed E-state index contributed by atoms with van der Waals surface area (Å²) in [4.78, 5) is 24.3. The molecular weight excluding hydrogens is 396 g/mol. The monoisotopic (exact) mass is 413 g/mol. The molecule has 134 valence electrons. The summed E-state index contributed by atoms with van der Waals surface area (Å²) >= 11 is 23.3. The standard InChI is InChI=1S/C15H19Cl4N3O2/c1-8(2)6-12(20-14(24)15(3,18)19)13(23)22-21-11-5-4-9(16)7-10(11)17/h4-5,7-8,12,21H,6H2,1-3H3,(H,20,24)(H,22,23). The Balaban J connectivity index is 2.75. The average molecular weight is 415 g/mol. The van der Waals surface area contributed by atoms with Crippen LogP contribution in [0.4, 0.5) is 5.69 Å². The van der Waals surface area contributed by atoms with Gasteiger partial charge in [-0.1, -0.05) is 60.3 Å². The van der Waals surface area contributed by atoms with Crippen molar-refractivity contribution in [3.63, 3.8) is 0 Å². The maximum absolute atomic E-state index is 12.3. The summed E-state index contributed by atoms with van der Waals surface area (Å²) in [7, 11) is 0. The van der Waals surface area contributed by atoms with Gasteiger partial charge in [-0.15, -0.1) is 0 Å². The minimum Gasteiger partial charge on any atom is -0.342 e. The summed E-state index contributed by atoms with van der Waals surface area (Å²) in [6.07, 6.45) is 0.414. The van der Waals surface area contributed by atoms with Crippen LogP contribution in [0.2, 0.25) is 10.0 Å². The van der Waals surface area contributed by atoms with Gasteiger partial charge in [-0.2, -0.15) is 0 Å². The lowest BCUT2D eigenvalue weighted by Crippen LogP contribution is -2.52. The SMILES string of the molecule is CC(C)CC(NC(=O)C(C)(Cl)Cl)C(=O)NNc1ccc(Cl)cc1Cl. The van der Waals surface area contributed by atoms with Gasteiger partial charge in [0.15, 0.2) is 4.33 Å². The number of anilines is 1. The minimum atomic E-state index is -1.62. The molecule has 24 heavy (non-hydrogen) atoms. The topological polar surface area (TPSA) is 70.2 Å². The molecule has 1 aromatic rings. The first-order valence-corrected chi connectivity index (χ1v) is 8.71. The molecule has 1 rings (SSSR count). The van der Waals surface area contributed by atoms with Crippen molar-refractivity contribution in [2.45, 2.75) is 37.6 Å². The van der Waals surface area contributed by atoms with Crippen molar-refractivity contribution in [1.29, 1.82) is 0 Å². The Labute approximate surface area is 161 Å². The van der Waals surface area contributed by atoms with Gasteiger partial charge >= 0.3 is 0 Å². The second-order valence-corrected chi connectivity index (χ2v) is 8.33. The van der Waals surface area contributed by atoms with E-state index in [4.69, 9.17) is 46.4 Å². The van der Waals surface area contributed by atoms with E-state index in [2.05, 4.69) is 16.2 Å². The van der Waals surface area contributed by atoms with E-state index in [1.165, 1.54) is 13.0 Å². The summed E-state index contributed by atoms with van der Waals surface area (Å²) < 4.78 is -1.62. The van der Waals surface area contributed by atoms with Crippen molar-refractivity contribution in [3.8, 4) is 0 Å². The van der Waals surface area contributed by atoms with Crippen LogP contribution in [0.15, 0.2) is 18.2 Å². The van der Waals surface area contributed by atoms with Crippen LogP contribution in [0.25, 0.3) is 0 Å². The number of hydrogen-bond acceptors (Lipinski definition) is 3. The van der Waals surface area contributed by atoms with Gasteiger partial charge in [0.25, 0.3) is 11.8 Å². The fourth-order valence-corrected chi connectivity index (χ4v) is 2.36. The Bertz CT molecular complexity index is 603. The van der Waals surface area contributed by atoms with Crippen molar-refractivity contribution in [3.05, 3.63) is 28.2 Å². The third-order valence-electron chi connectivity index (χ3n) is 2.98. The zero-order valence-electron chi connectivity index (χ0n) is 13.4. The van der Waals surface area contributed by atoms with Gasteiger partial charge in [-0.05, 0) is 37.5 Å². The van der Waals surface area contributed by atoms with Crippen LogP contribution in [0.1, 0.15) is 27.2 Å². The molecule has 1 unspecified atom stereocenters. The average Bonchev–Trinajstić information content (AvgIpc) is 2.43. The van der Waals surface area contributed by atoms with Crippen LogP contribution in [-0.4, -0.2) is 22.2 Å². The minimum absolute atomic E-state index is 0.164. The van der Waals surface area contributed by atoms with Crippen LogP contribution >= 0.6 is 46.4 Å². The lowest BCUT2D eigenvalue weighted by atomic mass is 10.0.